The van der Waals surface area contributed by atoms with Crippen molar-refractivity contribution in [3.05, 3.63) is 65.7 Å². The van der Waals surface area contributed by atoms with Crippen LogP contribution in [-0.4, -0.2) is 5.11 Å². The summed E-state index contributed by atoms with van der Waals surface area (Å²) in [5, 5.41) is 9.43. The SMILES string of the molecule is CCC/C=C1\CC(c2ccc(O)cc2)Oc2ccccc21. The molecule has 2 aromatic rings. The molecule has 1 aliphatic heterocycles. The molecular formula is C19H20O2. The maximum Gasteiger partial charge on any atom is 0.128 e. The van der Waals surface area contributed by atoms with Crippen LogP contribution in [-0.2, 0) is 0 Å². The van der Waals surface area contributed by atoms with Crippen LogP contribution >= 0.6 is 0 Å². The van der Waals surface area contributed by atoms with Gasteiger partial charge in [0.05, 0.1) is 0 Å². The largest absolute Gasteiger partial charge is 0.508 e. The van der Waals surface area contributed by atoms with E-state index in [1.165, 1.54) is 11.1 Å². The molecule has 0 saturated heterocycles. The van der Waals surface area contributed by atoms with E-state index in [9.17, 15) is 5.11 Å². The number of allylic oxidation sites excluding steroid dienone is 1. The second-order valence-electron chi connectivity index (χ2n) is 5.42. The summed E-state index contributed by atoms with van der Waals surface area (Å²) in [6.07, 6.45) is 5.46. The molecule has 0 amide bonds. The van der Waals surface area contributed by atoms with Gasteiger partial charge in [-0.15, -0.1) is 0 Å². The molecule has 1 heterocycles. The van der Waals surface area contributed by atoms with Crippen LogP contribution < -0.4 is 4.74 Å². The van der Waals surface area contributed by atoms with Crippen molar-refractivity contribution < 1.29 is 9.84 Å². The van der Waals surface area contributed by atoms with E-state index < -0.39 is 0 Å². The monoisotopic (exact) mass is 280 g/mol. The number of benzene rings is 2. The number of phenolic OH excluding ortho intramolecular Hbond substituents is 1. The minimum absolute atomic E-state index is 0.0172. The molecule has 2 aromatic carbocycles. The molecule has 0 aliphatic carbocycles. The van der Waals surface area contributed by atoms with Crippen molar-refractivity contribution in [2.75, 3.05) is 0 Å². The molecule has 1 atom stereocenters. The van der Waals surface area contributed by atoms with Gasteiger partial charge < -0.3 is 9.84 Å². The van der Waals surface area contributed by atoms with Crippen LogP contribution in [0.5, 0.6) is 11.5 Å². The Hall–Kier alpha value is -2.22. The van der Waals surface area contributed by atoms with Crippen LogP contribution in [0, 0.1) is 0 Å². The molecule has 0 bridgehead atoms. The summed E-state index contributed by atoms with van der Waals surface area (Å²) in [5.41, 5.74) is 3.67. The number of rotatable bonds is 3. The Balaban J connectivity index is 1.95. The summed E-state index contributed by atoms with van der Waals surface area (Å²) < 4.78 is 6.15. The Labute approximate surface area is 125 Å². The van der Waals surface area contributed by atoms with E-state index in [4.69, 9.17) is 4.74 Å². The molecule has 0 spiro atoms. The smallest absolute Gasteiger partial charge is 0.128 e. The van der Waals surface area contributed by atoms with Crippen LogP contribution in [0.2, 0.25) is 0 Å². The van der Waals surface area contributed by atoms with Gasteiger partial charge in [0.15, 0.2) is 0 Å². The van der Waals surface area contributed by atoms with Gasteiger partial charge >= 0.3 is 0 Å². The summed E-state index contributed by atoms with van der Waals surface area (Å²) in [6, 6.07) is 15.5. The van der Waals surface area contributed by atoms with Crippen molar-refractivity contribution in [1.29, 1.82) is 0 Å². The summed E-state index contributed by atoms with van der Waals surface area (Å²) in [7, 11) is 0. The van der Waals surface area contributed by atoms with Gasteiger partial charge in [0, 0.05) is 12.0 Å². The normalized spacial score (nSPS) is 19.1. The molecule has 2 nitrogen and oxygen atoms in total. The van der Waals surface area contributed by atoms with Crippen LogP contribution in [0.25, 0.3) is 5.57 Å². The second kappa shape index (κ2) is 6.04. The highest BCUT2D eigenvalue weighted by molar-refractivity contribution is 5.72. The fraction of sp³-hybridized carbons (Fsp3) is 0.263. The Bertz CT molecular complexity index is 641. The third-order valence-corrected chi connectivity index (χ3v) is 3.85. The lowest BCUT2D eigenvalue weighted by atomic mass is 9.91. The molecule has 108 valence electrons. The van der Waals surface area contributed by atoms with E-state index in [2.05, 4.69) is 25.1 Å². The molecule has 1 N–H and O–H groups in total. The van der Waals surface area contributed by atoms with Gasteiger partial charge in [0.25, 0.3) is 0 Å². The Morgan fingerprint density at radius 3 is 2.67 bits per heavy atom. The first-order valence-corrected chi connectivity index (χ1v) is 7.52. The molecule has 21 heavy (non-hydrogen) atoms. The van der Waals surface area contributed by atoms with Gasteiger partial charge in [-0.25, -0.2) is 0 Å². The van der Waals surface area contributed by atoms with Crippen molar-refractivity contribution in [2.24, 2.45) is 0 Å². The second-order valence-corrected chi connectivity index (χ2v) is 5.42. The van der Waals surface area contributed by atoms with Gasteiger partial charge in [0.2, 0.25) is 0 Å². The van der Waals surface area contributed by atoms with E-state index >= 15 is 0 Å². The highest BCUT2D eigenvalue weighted by Crippen LogP contribution is 2.41. The van der Waals surface area contributed by atoms with Gasteiger partial charge in [-0.05, 0) is 35.8 Å². The number of ether oxygens (including phenoxy) is 1. The predicted molar refractivity (Wildman–Crippen MR) is 85.4 cm³/mol. The third-order valence-electron chi connectivity index (χ3n) is 3.85. The highest BCUT2D eigenvalue weighted by atomic mass is 16.5. The molecule has 0 radical (unpaired) electrons. The maximum atomic E-state index is 9.43. The van der Waals surface area contributed by atoms with E-state index in [0.717, 1.165) is 30.6 Å². The van der Waals surface area contributed by atoms with Crippen molar-refractivity contribution in [3.8, 4) is 11.5 Å². The summed E-state index contributed by atoms with van der Waals surface area (Å²) in [5.74, 6) is 1.24. The Kier molecular flexibility index (Phi) is 3.96. The number of unbranched alkanes of at least 4 members (excludes halogenated alkanes) is 1. The van der Waals surface area contributed by atoms with E-state index in [-0.39, 0.29) is 11.9 Å². The Morgan fingerprint density at radius 1 is 1.14 bits per heavy atom. The van der Waals surface area contributed by atoms with Crippen LogP contribution in [0.15, 0.2) is 54.6 Å². The van der Waals surface area contributed by atoms with Crippen molar-refractivity contribution in [2.45, 2.75) is 32.3 Å². The molecule has 1 aliphatic rings. The zero-order chi connectivity index (χ0) is 14.7. The maximum absolute atomic E-state index is 9.43. The van der Waals surface area contributed by atoms with Gasteiger partial charge in [-0.1, -0.05) is 49.8 Å². The number of aromatic hydroxyl groups is 1. The van der Waals surface area contributed by atoms with E-state index in [1.807, 2.05) is 24.3 Å². The van der Waals surface area contributed by atoms with Crippen molar-refractivity contribution in [1.82, 2.24) is 0 Å². The zero-order valence-electron chi connectivity index (χ0n) is 12.3. The zero-order valence-corrected chi connectivity index (χ0v) is 12.3. The predicted octanol–water partition coefficient (Wildman–Crippen LogP) is 5.10. The summed E-state index contributed by atoms with van der Waals surface area (Å²) >= 11 is 0. The van der Waals surface area contributed by atoms with E-state index in [1.54, 1.807) is 12.1 Å². The number of hydrogen-bond donors (Lipinski definition) is 1. The quantitative estimate of drug-likeness (QED) is 0.847. The molecule has 0 aromatic heterocycles. The third kappa shape index (κ3) is 2.94. The molecule has 1 unspecified atom stereocenters. The number of para-hydroxylation sites is 1. The molecule has 2 heteroatoms. The van der Waals surface area contributed by atoms with Gasteiger partial charge in [0.1, 0.15) is 17.6 Å². The van der Waals surface area contributed by atoms with Crippen molar-refractivity contribution >= 4 is 5.57 Å². The van der Waals surface area contributed by atoms with Crippen LogP contribution in [0.1, 0.15) is 43.4 Å². The van der Waals surface area contributed by atoms with Crippen LogP contribution in [0.4, 0.5) is 0 Å². The first kappa shape index (κ1) is 13.7. The minimum atomic E-state index is 0.0172. The molecular weight excluding hydrogens is 260 g/mol. The van der Waals surface area contributed by atoms with Gasteiger partial charge in [-0.3, -0.25) is 0 Å². The molecule has 0 saturated carbocycles. The standard InChI is InChI=1S/C19H20O2/c1-2-3-6-15-13-19(14-9-11-16(20)12-10-14)21-18-8-5-4-7-17(15)18/h4-12,19-20H,2-3,13H2,1H3/b15-6+. The molecule has 0 fully saturated rings. The lowest BCUT2D eigenvalue weighted by Crippen LogP contribution is -2.14. The first-order chi connectivity index (χ1) is 10.3. The first-order valence-electron chi connectivity index (χ1n) is 7.52. The highest BCUT2D eigenvalue weighted by Gasteiger charge is 2.24. The average molecular weight is 280 g/mol. The lowest BCUT2D eigenvalue weighted by molar-refractivity contribution is 0.202. The van der Waals surface area contributed by atoms with Crippen LogP contribution in [0.3, 0.4) is 0 Å². The fourth-order valence-electron chi connectivity index (χ4n) is 2.73. The topological polar surface area (TPSA) is 29.5 Å². The fourth-order valence-corrected chi connectivity index (χ4v) is 2.73. The van der Waals surface area contributed by atoms with E-state index in [0.29, 0.717) is 0 Å². The number of hydrogen-bond acceptors (Lipinski definition) is 2. The Morgan fingerprint density at radius 2 is 1.90 bits per heavy atom. The number of fused-ring (bicyclic) bond motifs is 1. The van der Waals surface area contributed by atoms with Gasteiger partial charge in [-0.2, -0.15) is 0 Å². The van der Waals surface area contributed by atoms with Crippen molar-refractivity contribution in [3.63, 3.8) is 0 Å². The number of phenols is 1. The molecule has 3 rings (SSSR count). The summed E-state index contributed by atoms with van der Waals surface area (Å²) in [6.45, 7) is 2.19. The lowest BCUT2D eigenvalue weighted by Gasteiger charge is -2.28. The summed E-state index contributed by atoms with van der Waals surface area (Å²) in [4.78, 5) is 0. The average Bonchev–Trinajstić information content (AvgIpc) is 2.53. The minimum Gasteiger partial charge on any atom is -0.508 e.